The van der Waals surface area contributed by atoms with Crippen LogP contribution in [-0.2, 0) is 4.79 Å². The number of rotatable bonds is 8. The fraction of sp³-hybridized carbons (Fsp3) is 0.318. The van der Waals surface area contributed by atoms with Crippen LogP contribution < -0.4 is 5.32 Å². The number of carbonyl (C=O) groups excluding carboxylic acids is 1. The molecule has 0 spiro atoms. The minimum atomic E-state index is -0.317. The molecule has 0 unspecified atom stereocenters. The Balaban J connectivity index is 1.76. The predicted octanol–water partition coefficient (Wildman–Crippen LogP) is 4.65. The molecule has 2 atom stereocenters. The van der Waals surface area contributed by atoms with Gasteiger partial charge in [-0.25, -0.2) is 4.39 Å². The average molecular weight is 462 g/mol. The van der Waals surface area contributed by atoms with Crippen LogP contribution in [0.4, 0.5) is 4.39 Å². The highest BCUT2D eigenvalue weighted by Gasteiger charge is 2.22. The Morgan fingerprint density at radius 2 is 1.90 bits per heavy atom. The number of amides is 1. The van der Waals surface area contributed by atoms with Gasteiger partial charge in [-0.3, -0.25) is 14.3 Å². The summed E-state index contributed by atoms with van der Waals surface area (Å²) in [5, 5.41) is 12.8. The molecule has 1 heterocycles. The Labute approximate surface area is 190 Å². The molecule has 0 aliphatic rings. The fourth-order valence-electron chi connectivity index (χ4n) is 2.98. The molecule has 0 fully saturated rings. The SMILES string of the molecule is C[C@H](NC(=O)CSc1nnc([C@@H](C)N(C)C)n1-c1ccc(F)cc1)c1cccc(Cl)c1. The van der Waals surface area contributed by atoms with Crippen molar-refractivity contribution in [3.8, 4) is 5.69 Å². The molecule has 0 radical (unpaired) electrons. The molecular weight excluding hydrogens is 437 g/mol. The lowest BCUT2D eigenvalue weighted by Gasteiger charge is -2.20. The summed E-state index contributed by atoms with van der Waals surface area (Å²) in [5.74, 6) is 0.434. The lowest BCUT2D eigenvalue weighted by Crippen LogP contribution is -2.28. The Bertz CT molecular complexity index is 1040. The third kappa shape index (κ3) is 5.84. The van der Waals surface area contributed by atoms with Crippen molar-refractivity contribution < 1.29 is 9.18 Å². The first-order valence-electron chi connectivity index (χ1n) is 9.81. The highest BCUT2D eigenvalue weighted by molar-refractivity contribution is 7.99. The number of benzene rings is 2. The van der Waals surface area contributed by atoms with Gasteiger partial charge >= 0.3 is 0 Å². The van der Waals surface area contributed by atoms with Crippen LogP contribution in [0.1, 0.15) is 37.3 Å². The number of hydrogen-bond acceptors (Lipinski definition) is 5. The zero-order valence-electron chi connectivity index (χ0n) is 17.8. The van der Waals surface area contributed by atoms with E-state index in [9.17, 15) is 9.18 Å². The van der Waals surface area contributed by atoms with E-state index in [1.807, 2.05) is 55.6 Å². The van der Waals surface area contributed by atoms with Gasteiger partial charge in [0.05, 0.1) is 17.8 Å². The molecule has 164 valence electrons. The van der Waals surface area contributed by atoms with Crippen molar-refractivity contribution in [3.63, 3.8) is 0 Å². The molecular formula is C22H25ClFN5OS. The second-order valence-electron chi connectivity index (χ2n) is 7.43. The number of aromatic nitrogens is 3. The molecule has 1 N–H and O–H groups in total. The fourth-order valence-corrected chi connectivity index (χ4v) is 3.95. The van der Waals surface area contributed by atoms with Gasteiger partial charge in [-0.2, -0.15) is 0 Å². The monoisotopic (exact) mass is 461 g/mol. The van der Waals surface area contributed by atoms with Crippen molar-refractivity contribution >= 4 is 29.3 Å². The summed E-state index contributed by atoms with van der Waals surface area (Å²) in [7, 11) is 3.90. The van der Waals surface area contributed by atoms with Crippen molar-refractivity contribution in [2.24, 2.45) is 0 Å². The zero-order valence-corrected chi connectivity index (χ0v) is 19.4. The van der Waals surface area contributed by atoms with Crippen LogP contribution in [0, 0.1) is 5.82 Å². The number of nitrogens with one attached hydrogen (secondary N) is 1. The lowest BCUT2D eigenvalue weighted by atomic mass is 10.1. The van der Waals surface area contributed by atoms with E-state index in [-0.39, 0.29) is 29.6 Å². The van der Waals surface area contributed by atoms with Crippen LogP contribution in [0.25, 0.3) is 5.69 Å². The van der Waals surface area contributed by atoms with Gasteiger partial charge in [-0.1, -0.05) is 35.5 Å². The summed E-state index contributed by atoms with van der Waals surface area (Å²) in [4.78, 5) is 14.6. The molecule has 3 aromatic rings. The summed E-state index contributed by atoms with van der Waals surface area (Å²) >= 11 is 7.32. The van der Waals surface area contributed by atoms with Crippen LogP contribution in [-0.4, -0.2) is 45.4 Å². The van der Waals surface area contributed by atoms with Gasteiger partial charge < -0.3 is 5.32 Å². The summed E-state index contributed by atoms with van der Waals surface area (Å²) < 4.78 is 15.3. The topological polar surface area (TPSA) is 63.1 Å². The maximum absolute atomic E-state index is 13.4. The normalized spacial score (nSPS) is 13.3. The average Bonchev–Trinajstić information content (AvgIpc) is 3.16. The lowest BCUT2D eigenvalue weighted by molar-refractivity contribution is -0.119. The van der Waals surface area contributed by atoms with Gasteiger partial charge in [0.15, 0.2) is 11.0 Å². The summed E-state index contributed by atoms with van der Waals surface area (Å²) in [6, 6.07) is 13.4. The van der Waals surface area contributed by atoms with Crippen LogP contribution in [0.15, 0.2) is 53.7 Å². The number of carbonyl (C=O) groups is 1. The second kappa shape index (κ2) is 10.3. The smallest absolute Gasteiger partial charge is 0.230 e. The van der Waals surface area contributed by atoms with Crippen molar-refractivity contribution in [2.45, 2.75) is 31.1 Å². The van der Waals surface area contributed by atoms with Gasteiger partial charge in [0.1, 0.15) is 5.82 Å². The van der Waals surface area contributed by atoms with Crippen LogP contribution in [0.3, 0.4) is 0 Å². The van der Waals surface area contributed by atoms with E-state index in [1.165, 1.54) is 23.9 Å². The maximum Gasteiger partial charge on any atom is 0.230 e. The molecule has 0 saturated heterocycles. The first kappa shape index (κ1) is 23.2. The Kier molecular flexibility index (Phi) is 7.69. The van der Waals surface area contributed by atoms with Gasteiger partial charge in [0.2, 0.25) is 5.91 Å². The Morgan fingerprint density at radius 1 is 1.19 bits per heavy atom. The highest BCUT2D eigenvalue weighted by Crippen LogP contribution is 2.27. The molecule has 0 aliphatic heterocycles. The maximum atomic E-state index is 13.4. The van der Waals surface area contributed by atoms with E-state index in [2.05, 4.69) is 15.5 Å². The minimum absolute atomic E-state index is 0.0245. The van der Waals surface area contributed by atoms with Gasteiger partial charge in [0.25, 0.3) is 0 Å². The standard InChI is InChI=1S/C22H25ClFN5OS/c1-14(16-6-5-7-17(23)12-16)25-20(30)13-31-22-27-26-21(15(2)28(3)4)29(22)19-10-8-18(24)9-11-19/h5-12,14-15H,13H2,1-4H3,(H,25,30)/t14-,15+/m0/s1. The largest absolute Gasteiger partial charge is 0.349 e. The summed E-state index contributed by atoms with van der Waals surface area (Å²) in [6.45, 7) is 3.92. The zero-order chi connectivity index (χ0) is 22.5. The predicted molar refractivity (Wildman–Crippen MR) is 122 cm³/mol. The molecule has 9 heteroatoms. The van der Waals surface area contributed by atoms with Crippen molar-refractivity contribution in [1.82, 2.24) is 25.0 Å². The molecule has 1 amide bonds. The van der Waals surface area contributed by atoms with Crippen molar-refractivity contribution in [3.05, 3.63) is 70.8 Å². The molecule has 6 nitrogen and oxygen atoms in total. The summed E-state index contributed by atoms with van der Waals surface area (Å²) in [6.07, 6.45) is 0. The summed E-state index contributed by atoms with van der Waals surface area (Å²) in [5.41, 5.74) is 1.67. The van der Waals surface area contributed by atoms with Gasteiger partial charge in [0, 0.05) is 10.7 Å². The van der Waals surface area contributed by atoms with E-state index in [0.717, 1.165) is 11.3 Å². The molecule has 0 saturated carbocycles. The van der Waals surface area contributed by atoms with Crippen LogP contribution in [0.2, 0.25) is 5.02 Å². The molecule has 2 aromatic carbocycles. The molecule has 1 aromatic heterocycles. The number of thioether (sulfide) groups is 1. The van der Waals surface area contributed by atoms with Crippen molar-refractivity contribution in [1.29, 1.82) is 0 Å². The van der Waals surface area contributed by atoms with Gasteiger partial charge in [-0.05, 0) is 69.9 Å². The first-order valence-corrected chi connectivity index (χ1v) is 11.2. The van der Waals surface area contributed by atoms with Gasteiger partial charge in [-0.15, -0.1) is 10.2 Å². The Morgan fingerprint density at radius 3 is 2.55 bits per heavy atom. The van der Waals surface area contributed by atoms with Crippen molar-refractivity contribution in [2.75, 3.05) is 19.8 Å². The molecule has 0 aliphatic carbocycles. The van der Waals surface area contributed by atoms with Crippen LogP contribution in [0.5, 0.6) is 0 Å². The second-order valence-corrected chi connectivity index (χ2v) is 8.80. The van der Waals surface area contributed by atoms with E-state index in [4.69, 9.17) is 11.6 Å². The van der Waals surface area contributed by atoms with E-state index in [0.29, 0.717) is 16.0 Å². The number of hydrogen-bond donors (Lipinski definition) is 1. The Hall–Kier alpha value is -2.42. The molecule has 0 bridgehead atoms. The van der Waals surface area contributed by atoms with E-state index in [1.54, 1.807) is 18.2 Å². The molecule has 3 rings (SSSR count). The van der Waals surface area contributed by atoms with Crippen LogP contribution >= 0.6 is 23.4 Å². The quantitative estimate of drug-likeness (QED) is 0.494. The molecule has 31 heavy (non-hydrogen) atoms. The minimum Gasteiger partial charge on any atom is -0.349 e. The highest BCUT2D eigenvalue weighted by atomic mass is 35.5. The van der Waals surface area contributed by atoms with E-state index >= 15 is 0 Å². The van der Waals surface area contributed by atoms with E-state index < -0.39 is 0 Å². The first-order chi connectivity index (χ1) is 14.8. The third-order valence-electron chi connectivity index (χ3n) is 4.95. The third-order valence-corrected chi connectivity index (χ3v) is 6.11. The number of halogens is 2. The number of nitrogens with zero attached hydrogens (tertiary/aromatic N) is 4.